The van der Waals surface area contributed by atoms with Gasteiger partial charge in [-0.1, -0.05) is 13.0 Å². The van der Waals surface area contributed by atoms with Crippen LogP contribution in [0.25, 0.3) is 0 Å². The number of nitrogens with zero attached hydrogens (tertiary/aromatic N) is 3. The van der Waals surface area contributed by atoms with Crippen molar-refractivity contribution in [1.82, 2.24) is 14.5 Å². The number of anilines is 1. The van der Waals surface area contributed by atoms with Gasteiger partial charge in [0.1, 0.15) is 5.82 Å². The van der Waals surface area contributed by atoms with Gasteiger partial charge in [-0.15, -0.1) is 0 Å². The van der Waals surface area contributed by atoms with Crippen molar-refractivity contribution >= 4 is 27.5 Å². The summed E-state index contributed by atoms with van der Waals surface area (Å²) in [6.07, 6.45) is 0.0219. The van der Waals surface area contributed by atoms with Crippen LogP contribution >= 0.6 is 0 Å². The maximum absolute atomic E-state index is 13.4. The molecule has 2 fully saturated rings. The van der Waals surface area contributed by atoms with Crippen molar-refractivity contribution in [2.75, 3.05) is 56.5 Å². The molecule has 1 N–H and O–H groups in total. The third-order valence-electron chi connectivity index (χ3n) is 5.45. The first kappa shape index (κ1) is 21.7. The highest BCUT2D eigenvalue weighted by Crippen LogP contribution is 2.25. The monoisotopic (exact) mass is 426 g/mol. The van der Waals surface area contributed by atoms with Crippen molar-refractivity contribution in [2.24, 2.45) is 5.92 Å². The molecule has 0 bridgehead atoms. The number of nitrogens with one attached hydrogen (secondary N) is 1. The lowest BCUT2D eigenvalue weighted by Gasteiger charge is -2.33. The molecule has 2 saturated heterocycles. The Bertz CT molecular complexity index is 856. The molecule has 0 radical (unpaired) electrons. The van der Waals surface area contributed by atoms with Gasteiger partial charge in [-0.05, 0) is 24.7 Å². The van der Waals surface area contributed by atoms with Crippen LogP contribution < -0.4 is 10.2 Å². The number of rotatable bonds is 7. The van der Waals surface area contributed by atoms with Crippen molar-refractivity contribution in [3.8, 4) is 0 Å². The lowest BCUT2D eigenvalue weighted by atomic mass is 10.1. The van der Waals surface area contributed by atoms with E-state index in [4.69, 9.17) is 0 Å². The molecule has 3 rings (SSSR count). The molecule has 10 heteroatoms. The second kappa shape index (κ2) is 9.19. The Balaban J connectivity index is 1.48. The van der Waals surface area contributed by atoms with E-state index < -0.39 is 21.8 Å². The number of benzene rings is 1. The second-order valence-corrected chi connectivity index (χ2v) is 9.41. The summed E-state index contributed by atoms with van der Waals surface area (Å²) in [5.74, 6) is -1.81. The van der Waals surface area contributed by atoms with Gasteiger partial charge in [0.15, 0.2) is 0 Å². The van der Waals surface area contributed by atoms with E-state index in [9.17, 15) is 22.4 Å². The van der Waals surface area contributed by atoms with E-state index in [1.807, 2.05) is 6.92 Å². The number of hydrogen-bond acceptors (Lipinski definition) is 5. The van der Waals surface area contributed by atoms with Gasteiger partial charge >= 0.3 is 0 Å². The first-order chi connectivity index (χ1) is 13.8. The summed E-state index contributed by atoms with van der Waals surface area (Å²) in [5, 5.41) is 2.64. The van der Waals surface area contributed by atoms with Gasteiger partial charge in [0.05, 0.1) is 11.7 Å². The average molecular weight is 427 g/mol. The van der Waals surface area contributed by atoms with Crippen LogP contribution in [0.3, 0.4) is 0 Å². The number of sulfonamides is 1. The fourth-order valence-electron chi connectivity index (χ4n) is 3.68. The van der Waals surface area contributed by atoms with Gasteiger partial charge in [0.2, 0.25) is 21.8 Å². The van der Waals surface area contributed by atoms with Crippen LogP contribution in [0.15, 0.2) is 24.3 Å². The predicted molar refractivity (Wildman–Crippen MR) is 107 cm³/mol. The average Bonchev–Trinajstić information content (AvgIpc) is 3.09. The Kier molecular flexibility index (Phi) is 6.86. The maximum atomic E-state index is 13.4. The molecule has 2 aliphatic heterocycles. The van der Waals surface area contributed by atoms with Crippen LogP contribution in [0.1, 0.15) is 13.3 Å². The van der Waals surface area contributed by atoms with Crippen molar-refractivity contribution in [1.29, 1.82) is 0 Å². The van der Waals surface area contributed by atoms with E-state index in [2.05, 4.69) is 10.2 Å². The third kappa shape index (κ3) is 5.31. The smallest absolute Gasteiger partial charge is 0.227 e. The number of piperazine rings is 1. The predicted octanol–water partition coefficient (Wildman–Crippen LogP) is 0.262. The Hall–Kier alpha value is -2.04. The molecule has 8 nitrogen and oxygen atoms in total. The quantitative estimate of drug-likeness (QED) is 0.676. The summed E-state index contributed by atoms with van der Waals surface area (Å²) < 4.78 is 39.8. The summed E-state index contributed by atoms with van der Waals surface area (Å²) in [7, 11) is -3.43. The summed E-state index contributed by atoms with van der Waals surface area (Å²) in [6, 6.07) is 5.67. The van der Waals surface area contributed by atoms with Gasteiger partial charge in [-0.25, -0.2) is 12.8 Å². The summed E-state index contributed by atoms with van der Waals surface area (Å²) in [5.41, 5.74) is 0.416. The molecule has 1 atom stereocenters. The number of hydrogen-bond donors (Lipinski definition) is 1. The molecule has 29 heavy (non-hydrogen) atoms. The molecule has 1 aromatic carbocycles. The minimum Gasteiger partial charge on any atom is -0.355 e. The van der Waals surface area contributed by atoms with Crippen LogP contribution in [0.5, 0.6) is 0 Å². The highest BCUT2D eigenvalue weighted by Gasteiger charge is 2.35. The van der Waals surface area contributed by atoms with Crippen LogP contribution in [0.2, 0.25) is 0 Å². The van der Waals surface area contributed by atoms with Gasteiger partial charge in [0.25, 0.3) is 0 Å². The van der Waals surface area contributed by atoms with Gasteiger partial charge in [-0.3, -0.25) is 9.59 Å². The van der Waals surface area contributed by atoms with Crippen molar-refractivity contribution < 1.29 is 22.4 Å². The zero-order valence-corrected chi connectivity index (χ0v) is 17.3. The number of amides is 2. The van der Waals surface area contributed by atoms with Gasteiger partial charge in [0, 0.05) is 51.4 Å². The highest BCUT2D eigenvalue weighted by atomic mass is 32.2. The van der Waals surface area contributed by atoms with E-state index in [1.54, 1.807) is 6.07 Å². The van der Waals surface area contributed by atoms with Crippen molar-refractivity contribution in [2.45, 2.75) is 13.3 Å². The normalized spacial score (nSPS) is 21.5. The summed E-state index contributed by atoms with van der Waals surface area (Å²) >= 11 is 0. The molecule has 0 aliphatic carbocycles. The van der Waals surface area contributed by atoms with Crippen LogP contribution in [0.4, 0.5) is 10.1 Å². The lowest BCUT2D eigenvalue weighted by molar-refractivity contribution is -0.126. The SMILES string of the molecule is CCN1CCN(S(=O)(=O)CCNC(=O)C2CC(=O)N(c3cccc(F)c3)C2)CC1. The van der Waals surface area contributed by atoms with Crippen LogP contribution in [-0.2, 0) is 19.6 Å². The minimum absolute atomic E-state index is 0.000184. The number of halogens is 1. The molecular formula is C19H27FN4O4S. The first-order valence-corrected chi connectivity index (χ1v) is 11.4. The fraction of sp³-hybridized carbons (Fsp3) is 0.579. The summed E-state index contributed by atoms with van der Waals surface area (Å²) in [6.45, 7) is 5.44. The van der Waals surface area contributed by atoms with E-state index in [-0.39, 0.29) is 37.1 Å². The molecule has 1 unspecified atom stereocenters. The highest BCUT2D eigenvalue weighted by molar-refractivity contribution is 7.89. The van der Waals surface area contributed by atoms with Crippen LogP contribution in [0, 0.1) is 11.7 Å². The minimum atomic E-state index is -3.43. The zero-order chi connectivity index (χ0) is 21.0. The molecule has 2 aliphatic rings. The molecule has 2 amide bonds. The van der Waals surface area contributed by atoms with E-state index >= 15 is 0 Å². The zero-order valence-electron chi connectivity index (χ0n) is 16.5. The van der Waals surface area contributed by atoms with Gasteiger partial charge < -0.3 is 15.1 Å². The molecule has 1 aromatic rings. The summed E-state index contributed by atoms with van der Waals surface area (Å²) in [4.78, 5) is 28.2. The largest absolute Gasteiger partial charge is 0.355 e. The molecule has 160 valence electrons. The molecule has 0 spiro atoms. The topological polar surface area (TPSA) is 90.0 Å². The number of carbonyl (C=O) groups excluding carboxylic acids is 2. The maximum Gasteiger partial charge on any atom is 0.227 e. The third-order valence-corrected chi connectivity index (χ3v) is 7.32. The molecule has 0 saturated carbocycles. The Labute approximate surface area is 170 Å². The Morgan fingerprint density at radius 3 is 2.62 bits per heavy atom. The van der Waals surface area contributed by atoms with E-state index in [1.165, 1.54) is 27.4 Å². The molecule has 0 aromatic heterocycles. The Morgan fingerprint density at radius 2 is 1.97 bits per heavy atom. The van der Waals surface area contributed by atoms with E-state index in [0.717, 1.165) is 6.54 Å². The standard InChI is InChI=1S/C19H27FN4O4S/c1-2-22-7-9-23(10-8-22)29(27,28)11-6-21-19(26)15-12-18(25)24(14-15)17-5-3-4-16(20)13-17/h3-5,13,15H,2,6-12,14H2,1H3,(H,21,26). The second-order valence-electron chi connectivity index (χ2n) is 7.33. The first-order valence-electron chi connectivity index (χ1n) is 9.84. The van der Waals surface area contributed by atoms with E-state index in [0.29, 0.717) is 31.9 Å². The number of carbonyl (C=O) groups is 2. The van der Waals surface area contributed by atoms with Crippen LogP contribution in [-0.4, -0.2) is 81.0 Å². The van der Waals surface area contributed by atoms with Gasteiger partial charge in [-0.2, -0.15) is 4.31 Å². The number of likely N-dealkylation sites (N-methyl/N-ethyl adjacent to an activating group) is 1. The lowest BCUT2D eigenvalue weighted by Crippen LogP contribution is -2.50. The van der Waals surface area contributed by atoms with Crippen molar-refractivity contribution in [3.63, 3.8) is 0 Å². The van der Waals surface area contributed by atoms with Crippen molar-refractivity contribution in [3.05, 3.63) is 30.1 Å². The fourth-order valence-corrected chi connectivity index (χ4v) is 5.02. The molecular weight excluding hydrogens is 399 g/mol. The Morgan fingerprint density at radius 1 is 1.24 bits per heavy atom. The molecule has 2 heterocycles.